The van der Waals surface area contributed by atoms with Crippen LogP contribution in [0.3, 0.4) is 0 Å². The van der Waals surface area contributed by atoms with Gasteiger partial charge in [0.2, 0.25) is 0 Å². The van der Waals surface area contributed by atoms with E-state index in [9.17, 15) is 4.79 Å². The van der Waals surface area contributed by atoms with Gasteiger partial charge in [-0.3, -0.25) is 4.79 Å². The van der Waals surface area contributed by atoms with Gasteiger partial charge >= 0.3 is 5.97 Å². The summed E-state index contributed by atoms with van der Waals surface area (Å²) < 4.78 is 4.61. The van der Waals surface area contributed by atoms with Crippen molar-refractivity contribution >= 4 is 5.97 Å². The molecule has 3 heteroatoms. The predicted molar refractivity (Wildman–Crippen MR) is 64.1 cm³/mol. The standard InChI is InChI=1S/C13H19NO2/c1-10-4-6-12(7-5-10)9-14-11(2)8-13(15)16-3/h4-7,11,14H,8-9H2,1-3H3/t11-/m1/s1. The van der Waals surface area contributed by atoms with Gasteiger partial charge < -0.3 is 10.1 Å². The van der Waals surface area contributed by atoms with Gasteiger partial charge in [-0.05, 0) is 19.4 Å². The number of nitrogens with one attached hydrogen (secondary N) is 1. The number of esters is 1. The summed E-state index contributed by atoms with van der Waals surface area (Å²) in [6.45, 7) is 4.82. The van der Waals surface area contributed by atoms with E-state index in [1.807, 2.05) is 6.92 Å². The molecule has 0 unspecified atom stereocenters. The van der Waals surface area contributed by atoms with Crippen molar-refractivity contribution < 1.29 is 9.53 Å². The Morgan fingerprint density at radius 2 is 2.00 bits per heavy atom. The van der Waals surface area contributed by atoms with Crippen molar-refractivity contribution in [2.45, 2.75) is 32.9 Å². The van der Waals surface area contributed by atoms with Gasteiger partial charge in [0, 0.05) is 12.6 Å². The van der Waals surface area contributed by atoms with Crippen LogP contribution in [0.15, 0.2) is 24.3 Å². The highest BCUT2D eigenvalue weighted by molar-refractivity contribution is 5.69. The number of hydrogen-bond acceptors (Lipinski definition) is 3. The van der Waals surface area contributed by atoms with Crippen molar-refractivity contribution in [3.63, 3.8) is 0 Å². The highest BCUT2D eigenvalue weighted by Gasteiger charge is 2.07. The van der Waals surface area contributed by atoms with Crippen molar-refractivity contribution in [1.29, 1.82) is 0 Å². The third-order valence-corrected chi connectivity index (χ3v) is 2.48. The van der Waals surface area contributed by atoms with Crippen molar-refractivity contribution in [3.05, 3.63) is 35.4 Å². The van der Waals surface area contributed by atoms with Crippen LogP contribution in [0.5, 0.6) is 0 Å². The largest absolute Gasteiger partial charge is 0.469 e. The van der Waals surface area contributed by atoms with E-state index in [1.54, 1.807) is 0 Å². The molecule has 1 aromatic rings. The van der Waals surface area contributed by atoms with Gasteiger partial charge in [0.15, 0.2) is 0 Å². The summed E-state index contributed by atoms with van der Waals surface area (Å²) in [5, 5.41) is 3.28. The van der Waals surface area contributed by atoms with Gasteiger partial charge in [-0.2, -0.15) is 0 Å². The number of methoxy groups -OCH3 is 1. The molecule has 0 aliphatic heterocycles. The van der Waals surface area contributed by atoms with Crippen LogP contribution < -0.4 is 5.32 Å². The molecule has 88 valence electrons. The van der Waals surface area contributed by atoms with Crippen LogP contribution in [0.2, 0.25) is 0 Å². The molecule has 0 aliphatic carbocycles. The summed E-state index contributed by atoms with van der Waals surface area (Å²) in [4.78, 5) is 11.0. The van der Waals surface area contributed by atoms with Crippen molar-refractivity contribution in [2.24, 2.45) is 0 Å². The smallest absolute Gasteiger partial charge is 0.307 e. The molecule has 0 bridgehead atoms. The predicted octanol–water partition coefficient (Wildman–Crippen LogP) is 2.04. The zero-order chi connectivity index (χ0) is 12.0. The maximum atomic E-state index is 11.0. The molecule has 1 rings (SSSR count). The van der Waals surface area contributed by atoms with Crippen LogP contribution in [0, 0.1) is 6.92 Å². The Morgan fingerprint density at radius 3 is 2.56 bits per heavy atom. The number of carbonyl (C=O) groups excluding carboxylic acids is 1. The van der Waals surface area contributed by atoms with Gasteiger partial charge in [-0.15, -0.1) is 0 Å². The molecule has 0 aliphatic rings. The molecule has 0 spiro atoms. The molecule has 0 saturated heterocycles. The van der Waals surface area contributed by atoms with E-state index in [4.69, 9.17) is 0 Å². The highest BCUT2D eigenvalue weighted by Crippen LogP contribution is 2.03. The SMILES string of the molecule is COC(=O)C[C@@H](C)NCc1ccc(C)cc1. The molecule has 0 amide bonds. The van der Waals surface area contributed by atoms with Crippen LogP contribution in [0.1, 0.15) is 24.5 Å². The van der Waals surface area contributed by atoms with Crippen LogP contribution in [-0.2, 0) is 16.1 Å². The second kappa shape index (κ2) is 6.28. The summed E-state index contributed by atoms with van der Waals surface area (Å²) in [5.74, 6) is -0.177. The molecule has 16 heavy (non-hydrogen) atoms. The molecule has 0 saturated carbocycles. The lowest BCUT2D eigenvalue weighted by molar-refractivity contribution is -0.141. The van der Waals surface area contributed by atoms with E-state index in [0.717, 1.165) is 6.54 Å². The Hall–Kier alpha value is -1.35. The lowest BCUT2D eigenvalue weighted by Crippen LogP contribution is -2.28. The Labute approximate surface area is 96.8 Å². The average Bonchev–Trinajstić information content (AvgIpc) is 2.28. The number of hydrogen-bond donors (Lipinski definition) is 1. The van der Waals surface area contributed by atoms with Gasteiger partial charge in [-0.1, -0.05) is 29.8 Å². The van der Waals surface area contributed by atoms with Crippen molar-refractivity contribution in [2.75, 3.05) is 7.11 Å². The van der Waals surface area contributed by atoms with Crippen molar-refractivity contribution in [1.82, 2.24) is 5.32 Å². The van der Waals surface area contributed by atoms with Gasteiger partial charge in [0.25, 0.3) is 0 Å². The summed E-state index contributed by atoms with van der Waals surface area (Å²) in [6.07, 6.45) is 0.405. The maximum absolute atomic E-state index is 11.0. The topological polar surface area (TPSA) is 38.3 Å². The average molecular weight is 221 g/mol. The number of ether oxygens (including phenoxy) is 1. The van der Waals surface area contributed by atoms with Gasteiger partial charge in [0.1, 0.15) is 0 Å². The van der Waals surface area contributed by atoms with E-state index in [-0.39, 0.29) is 12.0 Å². The first-order chi connectivity index (χ1) is 7.61. The second-order valence-electron chi connectivity index (χ2n) is 4.05. The Bertz CT molecular complexity index is 332. The van der Waals surface area contributed by atoms with E-state index in [2.05, 4.69) is 41.2 Å². The third kappa shape index (κ3) is 4.45. The number of aryl methyl sites for hydroxylation is 1. The van der Waals surface area contributed by atoms with Gasteiger partial charge in [0.05, 0.1) is 13.5 Å². The summed E-state index contributed by atoms with van der Waals surface area (Å²) >= 11 is 0. The maximum Gasteiger partial charge on any atom is 0.307 e. The summed E-state index contributed by atoms with van der Waals surface area (Å²) in [6, 6.07) is 8.48. The fourth-order valence-electron chi connectivity index (χ4n) is 1.40. The molecule has 1 atom stereocenters. The van der Waals surface area contributed by atoms with Crippen LogP contribution in [-0.4, -0.2) is 19.1 Å². The summed E-state index contributed by atoms with van der Waals surface area (Å²) in [5.41, 5.74) is 2.48. The minimum Gasteiger partial charge on any atom is -0.469 e. The first-order valence-electron chi connectivity index (χ1n) is 5.47. The summed E-state index contributed by atoms with van der Waals surface area (Å²) in [7, 11) is 1.41. The van der Waals surface area contributed by atoms with Crippen LogP contribution in [0.4, 0.5) is 0 Å². The Balaban J connectivity index is 2.34. The highest BCUT2D eigenvalue weighted by atomic mass is 16.5. The normalized spacial score (nSPS) is 12.2. The van der Waals surface area contributed by atoms with Crippen molar-refractivity contribution in [3.8, 4) is 0 Å². The Morgan fingerprint density at radius 1 is 1.38 bits per heavy atom. The number of rotatable bonds is 5. The molecule has 0 radical (unpaired) electrons. The lowest BCUT2D eigenvalue weighted by Gasteiger charge is -2.12. The van der Waals surface area contributed by atoms with E-state index in [0.29, 0.717) is 6.42 Å². The lowest BCUT2D eigenvalue weighted by atomic mass is 10.1. The zero-order valence-corrected chi connectivity index (χ0v) is 10.1. The monoisotopic (exact) mass is 221 g/mol. The number of carbonyl (C=O) groups is 1. The minimum absolute atomic E-state index is 0.133. The first kappa shape index (κ1) is 12.7. The van der Waals surface area contributed by atoms with Crippen LogP contribution in [0.25, 0.3) is 0 Å². The van der Waals surface area contributed by atoms with Crippen LogP contribution >= 0.6 is 0 Å². The van der Waals surface area contributed by atoms with E-state index in [1.165, 1.54) is 18.2 Å². The van der Waals surface area contributed by atoms with Gasteiger partial charge in [-0.25, -0.2) is 0 Å². The molecular weight excluding hydrogens is 202 g/mol. The fraction of sp³-hybridized carbons (Fsp3) is 0.462. The first-order valence-corrected chi connectivity index (χ1v) is 5.47. The molecule has 1 N–H and O–H groups in total. The molecule has 0 aromatic heterocycles. The molecule has 0 heterocycles. The fourth-order valence-corrected chi connectivity index (χ4v) is 1.40. The zero-order valence-electron chi connectivity index (χ0n) is 10.1. The molecule has 0 fully saturated rings. The third-order valence-electron chi connectivity index (χ3n) is 2.48. The van der Waals surface area contributed by atoms with E-state index >= 15 is 0 Å². The second-order valence-corrected chi connectivity index (χ2v) is 4.05. The minimum atomic E-state index is -0.177. The number of benzene rings is 1. The quantitative estimate of drug-likeness (QED) is 0.773. The Kier molecular flexibility index (Phi) is 4.99. The molecule has 3 nitrogen and oxygen atoms in total. The van der Waals surface area contributed by atoms with E-state index < -0.39 is 0 Å². The molecular formula is C13H19NO2. The molecule has 1 aromatic carbocycles.